The maximum atomic E-state index is 13.1. The molecule has 1 saturated heterocycles. The Kier molecular flexibility index (Phi) is 7.15. The summed E-state index contributed by atoms with van der Waals surface area (Å²) >= 11 is 0. The van der Waals surface area contributed by atoms with Gasteiger partial charge in [-0.25, -0.2) is 0 Å². The molecule has 1 unspecified atom stereocenters. The summed E-state index contributed by atoms with van der Waals surface area (Å²) in [5.41, 5.74) is -0.763. The van der Waals surface area contributed by atoms with Crippen molar-refractivity contribution in [3.05, 3.63) is 29.3 Å². The van der Waals surface area contributed by atoms with Crippen molar-refractivity contribution in [1.82, 2.24) is 10.6 Å². The molecule has 1 fully saturated rings. The first-order chi connectivity index (χ1) is 10.4. The lowest BCUT2D eigenvalue weighted by atomic mass is 10.0. The largest absolute Gasteiger partial charge is 0.497 e. The predicted molar refractivity (Wildman–Crippen MR) is 82.7 cm³/mol. The van der Waals surface area contributed by atoms with Crippen LogP contribution in [0.4, 0.5) is 13.2 Å². The predicted octanol–water partition coefficient (Wildman–Crippen LogP) is 2.89. The molecule has 0 radical (unpaired) electrons. The van der Waals surface area contributed by atoms with Gasteiger partial charge in [-0.2, -0.15) is 13.2 Å². The van der Waals surface area contributed by atoms with E-state index in [1.807, 2.05) is 0 Å². The van der Waals surface area contributed by atoms with E-state index in [0.717, 1.165) is 25.5 Å². The molecule has 130 valence electrons. The Labute approximate surface area is 139 Å². The fourth-order valence-corrected chi connectivity index (χ4v) is 2.48. The van der Waals surface area contributed by atoms with Crippen molar-refractivity contribution in [3.8, 4) is 5.75 Å². The number of hydrogen-bond acceptors (Lipinski definition) is 3. The van der Waals surface area contributed by atoms with Gasteiger partial charge in [0.1, 0.15) is 5.75 Å². The lowest BCUT2D eigenvalue weighted by molar-refractivity contribution is -0.138. The smallest absolute Gasteiger partial charge is 0.416 e. The van der Waals surface area contributed by atoms with Crippen molar-refractivity contribution < 1.29 is 22.7 Å². The Balaban J connectivity index is 0.00000264. The molecule has 2 rings (SSSR count). The van der Waals surface area contributed by atoms with E-state index in [1.54, 1.807) is 0 Å². The lowest BCUT2D eigenvalue weighted by Crippen LogP contribution is -2.46. The maximum absolute atomic E-state index is 13.1. The van der Waals surface area contributed by atoms with Gasteiger partial charge in [-0.1, -0.05) is 12.5 Å². The van der Waals surface area contributed by atoms with Crippen LogP contribution in [-0.2, 0) is 17.5 Å². The van der Waals surface area contributed by atoms with Crippen LogP contribution in [0.1, 0.15) is 30.4 Å². The summed E-state index contributed by atoms with van der Waals surface area (Å²) < 4.78 is 44.0. The standard InChI is InChI=1S/C15H19F3N2O2.ClH/c1-22-11-6-5-10(12(8-11)15(16,17)18)9-20-14(21)13-4-2-3-7-19-13;/h5-6,8,13,19H,2-4,7,9H2,1H3,(H,20,21);1H. The number of alkyl halides is 3. The Morgan fingerprint density at radius 2 is 2.13 bits per heavy atom. The molecule has 1 aromatic rings. The molecule has 0 aliphatic carbocycles. The maximum Gasteiger partial charge on any atom is 0.416 e. The highest BCUT2D eigenvalue weighted by Gasteiger charge is 2.34. The van der Waals surface area contributed by atoms with E-state index < -0.39 is 11.7 Å². The van der Waals surface area contributed by atoms with E-state index in [2.05, 4.69) is 10.6 Å². The van der Waals surface area contributed by atoms with Gasteiger partial charge in [0.15, 0.2) is 0 Å². The second kappa shape index (κ2) is 8.40. The van der Waals surface area contributed by atoms with Gasteiger partial charge in [0.25, 0.3) is 0 Å². The van der Waals surface area contributed by atoms with Crippen LogP contribution in [-0.4, -0.2) is 25.6 Å². The minimum Gasteiger partial charge on any atom is -0.497 e. The fraction of sp³-hybridized carbons (Fsp3) is 0.533. The highest BCUT2D eigenvalue weighted by Crippen LogP contribution is 2.34. The van der Waals surface area contributed by atoms with E-state index in [-0.39, 0.29) is 42.2 Å². The molecule has 8 heteroatoms. The van der Waals surface area contributed by atoms with Gasteiger partial charge in [0.2, 0.25) is 5.91 Å². The van der Waals surface area contributed by atoms with Gasteiger partial charge in [-0.05, 0) is 37.1 Å². The summed E-state index contributed by atoms with van der Waals surface area (Å²) in [6, 6.07) is 3.41. The number of hydrogen-bond donors (Lipinski definition) is 2. The van der Waals surface area contributed by atoms with E-state index in [9.17, 15) is 18.0 Å². The number of carbonyl (C=O) groups excluding carboxylic acids is 1. The second-order valence-electron chi connectivity index (χ2n) is 5.24. The number of amides is 1. The Morgan fingerprint density at radius 3 is 2.70 bits per heavy atom. The second-order valence-corrected chi connectivity index (χ2v) is 5.24. The van der Waals surface area contributed by atoms with Crippen molar-refractivity contribution in [3.63, 3.8) is 0 Å². The zero-order valence-corrected chi connectivity index (χ0v) is 13.5. The highest BCUT2D eigenvalue weighted by molar-refractivity contribution is 5.85. The van der Waals surface area contributed by atoms with Gasteiger partial charge < -0.3 is 15.4 Å². The van der Waals surface area contributed by atoms with Gasteiger partial charge in [-0.15, -0.1) is 12.4 Å². The summed E-state index contributed by atoms with van der Waals surface area (Å²) in [5, 5.41) is 5.64. The molecule has 4 nitrogen and oxygen atoms in total. The van der Waals surface area contributed by atoms with Crippen molar-refractivity contribution in [1.29, 1.82) is 0 Å². The van der Waals surface area contributed by atoms with Crippen LogP contribution in [0.2, 0.25) is 0 Å². The van der Waals surface area contributed by atoms with Crippen LogP contribution in [0.3, 0.4) is 0 Å². The van der Waals surface area contributed by atoms with Crippen LogP contribution >= 0.6 is 12.4 Å². The molecule has 1 atom stereocenters. The fourth-order valence-electron chi connectivity index (χ4n) is 2.48. The number of rotatable bonds is 4. The summed E-state index contributed by atoms with van der Waals surface area (Å²) in [6.07, 6.45) is -1.82. The van der Waals surface area contributed by atoms with Crippen molar-refractivity contribution in [2.75, 3.05) is 13.7 Å². The van der Waals surface area contributed by atoms with E-state index >= 15 is 0 Å². The Bertz CT molecular complexity index is 532. The first kappa shape index (κ1) is 19.6. The number of ether oxygens (including phenoxy) is 1. The molecule has 1 aliphatic heterocycles. The summed E-state index contributed by atoms with van der Waals surface area (Å²) in [7, 11) is 1.31. The first-order valence-corrected chi connectivity index (χ1v) is 7.17. The van der Waals surface area contributed by atoms with Crippen LogP contribution in [0, 0.1) is 0 Å². The molecule has 23 heavy (non-hydrogen) atoms. The number of nitrogens with one attached hydrogen (secondary N) is 2. The average Bonchev–Trinajstić information content (AvgIpc) is 2.52. The number of benzene rings is 1. The SMILES string of the molecule is COc1ccc(CNC(=O)C2CCCCN2)c(C(F)(F)F)c1.Cl. The molecule has 1 heterocycles. The third kappa shape index (κ3) is 5.28. The molecule has 2 N–H and O–H groups in total. The summed E-state index contributed by atoms with van der Waals surface area (Å²) in [6.45, 7) is 0.601. The molecule has 0 aromatic heterocycles. The Morgan fingerprint density at radius 1 is 1.39 bits per heavy atom. The quantitative estimate of drug-likeness (QED) is 0.876. The van der Waals surface area contributed by atoms with Crippen molar-refractivity contribution in [2.45, 2.75) is 38.0 Å². The zero-order chi connectivity index (χ0) is 16.2. The third-order valence-corrected chi connectivity index (χ3v) is 3.70. The minimum absolute atomic E-state index is 0. The Hall–Kier alpha value is -1.47. The van der Waals surface area contributed by atoms with Crippen molar-refractivity contribution in [2.24, 2.45) is 0 Å². The van der Waals surface area contributed by atoms with Crippen LogP contribution in [0.5, 0.6) is 5.75 Å². The molecule has 1 aromatic carbocycles. The molecule has 1 aliphatic rings. The van der Waals surface area contributed by atoms with Gasteiger partial charge in [0, 0.05) is 6.54 Å². The average molecular weight is 353 g/mol. The number of methoxy groups -OCH3 is 1. The molecule has 0 saturated carbocycles. The molecule has 0 bridgehead atoms. The minimum atomic E-state index is -4.49. The van der Waals surface area contributed by atoms with Crippen LogP contribution in [0.25, 0.3) is 0 Å². The van der Waals surface area contributed by atoms with E-state index in [4.69, 9.17) is 4.74 Å². The van der Waals surface area contributed by atoms with Gasteiger partial charge in [0.05, 0.1) is 18.7 Å². The summed E-state index contributed by atoms with van der Waals surface area (Å²) in [5.74, 6) is -0.125. The highest BCUT2D eigenvalue weighted by atomic mass is 35.5. The van der Waals surface area contributed by atoms with Crippen LogP contribution in [0.15, 0.2) is 18.2 Å². The van der Waals surface area contributed by atoms with Crippen molar-refractivity contribution >= 4 is 18.3 Å². The molecular weight excluding hydrogens is 333 g/mol. The molecule has 0 spiro atoms. The first-order valence-electron chi connectivity index (χ1n) is 7.17. The molecule has 1 amide bonds. The summed E-state index contributed by atoms with van der Waals surface area (Å²) in [4.78, 5) is 12.0. The van der Waals surface area contributed by atoms with E-state index in [1.165, 1.54) is 19.2 Å². The van der Waals surface area contributed by atoms with Crippen LogP contribution < -0.4 is 15.4 Å². The zero-order valence-electron chi connectivity index (χ0n) is 12.7. The van der Waals surface area contributed by atoms with E-state index in [0.29, 0.717) is 6.42 Å². The third-order valence-electron chi connectivity index (χ3n) is 3.70. The molecular formula is C15H20ClF3N2O2. The lowest BCUT2D eigenvalue weighted by Gasteiger charge is -2.23. The number of piperidine rings is 1. The van der Waals surface area contributed by atoms with Gasteiger partial charge in [-0.3, -0.25) is 4.79 Å². The van der Waals surface area contributed by atoms with Gasteiger partial charge >= 0.3 is 6.18 Å². The number of carbonyl (C=O) groups is 1. The number of halogens is 4. The topological polar surface area (TPSA) is 50.4 Å². The monoisotopic (exact) mass is 352 g/mol. The normalized spacial score (nSPS) is 18.0.